The van der Waals surface area contributed by atoms with Crippen molar-refractivity contribution in [2.24, 2.45) is 0 Å². The van der Waals surface area contributed by atoms with E-state index in [1.54, 1.807) is 0 Å². The van der Waals surface area contributed by atoms with Gasteiger partial charge in [0.1, 0.15) is 0 Å². The molecule has 0 aliphatic heterocycles. The van der Waals surface area contributed by atoms with Crippen LogP contribution in [-0.2, 0) is 0 Å². The molecule has 0 aliphatic rings. The van der Waals surface area contributed by atoms with Gasteiger partial charge in [-0.05, 0) is 27.6 Å². The van der Waals surface area contributed by atoms with Gasteiger partial charge in [-0.1, -0.05) is 97.1 Å². The minimum Gasteiger partial charge on any atom is -0.247 e. The van der Waals surface area contributed by atoms with Gasteiger partial charge in [0.05, 0.1) is 11.2 Å². The second-order valence-corrected chi connectivity index (χ2v) is 7.21. The lowest BCUT2D eigenvalue weighted by Crippen LogP contribution is -1.91. The van der Waals surface area contributed by atoms with Crippen molar-refractivity contribution in [1.82, 2.24) is 4.98 Å². The molecule has 0 atom stereocenters. The second-order valence-electron chi connectivity index (χ2n) is 7.21. The molecule has 0 bridgehead atoms. The molecule has 1 heteroatoms. The van der Waals surface area contributed by atoms with E-state index in [0.717, 1.165) is 11.2 Å². The van der Waals surface area contributed by atoms with E-state index in [2.05, 4.69) is 103 Å². The highest BCUT2D eigenvalue weighted by atomic mass is 14.7. The Kier molecular flexibility index (Phi) is 3.24. The molecule has 1 heterocycles. The predicted molar refractivity (Wildman–Crippen MR) is 120 cm³/mol. The normalized spacial score (nSPS) is 11.6. The standard InChI is InChI=1S/C27H17N/c1-3-11-20-18(8-1)10-7-14-22(20)27-24-17-16-19-9-2-4-12-21(19)26(24)23-13-5-6-15-25(23)28-27/h1-17H. The van der Waals surface area contributed by atoms with Crippen molar-refractivity contribution in [2.45, 2.75) is 0 Å². The third kappa shape index (κ3) is 2.17. The number of fused-ring (bicyclic) bond motifs is 6. The molecule has 28 heavy (non-hydrogen) atoms. The highest BCUT2D eigenvalue weighted by Crippen LogP contribution is 2.38. The molecule has 0 spiro atoms. The lowest BCUT2D eigenvalue weighted by atomic mass is 9.93. The monoisotopic (exact) mass is 355 g/mol. The van der Waals surface area contributed by atoms with Gasteiger partial charge >= 0.3 is 0 Å². The van der Waals surface area contributed by atoms with Crippen LogP contribution >= 0.6 is 0 Å². The number of benzene rings is 5. The molecule has 1 nitrogen and oxygen atoms in total. The molecule has 0 amide bonds. The Morgan fingerprint density at radius 1 is 0.429 bits per heavy atom. The van der Waals surface area contributed by atoms with Crippen molar-refractivity contribution in [1.29, 1.82) is 0 Å². The molecular weight excluding hydrogens is 338 g/mol. The summed E-state index contributed by atoms with van der Waals surface area (Å²) in [5, 5.41) is 8.71. The summed E-state index contributed by atoms with van der Waals surface area (Å²) in [4.78, 5) is 5.13. The molecule has 1 aromatic heterocycles. The smallest absolute Gasteiger partial charge is 0.0794 e. The number of pyridine rings is 1. The van der Waals surface area contributed by atoms with Crippen molar-refractivity contribution in [3.05, 3.63) is 103 Å². The average molecular weight is 355 g/mol. The maximum atomic E-state index is 5.13. The Labute approximate surface area is 162 Å². The van der Waals surface area contributed by atoms with Crippen LogP contribution in [0, 0.1) is 0 Å². The Hall–Kier alpha value is -3.71. The molecule has 0 radical (unpaired) electrons. The molecule has 0 fully saturated rings. The fraction of sp³-hybridized carbons (Fsp3) is 0. The van der Waals surface area contributed by atoms with Crippen LogP contribution in [0.5, 0.6) is 0 Å². The summed E-state index contributed by atoms with van der Waals surface area (Å²) in [5.41, 5.74) is 3.27. The van der Waals surface area contributed by atoms with Gasteiger partial charge in [0.15, 0.2) is 0 Å². The molecule has 6 rings (SSSR count). The second kappa shape index (κ2) is 5.90. The summed E-state index contributed by atoms with van der Waals surface area (Å²) in [7, 11) is 0. The van der Waals surface area contributed by atoms with E-state index in [1.165, 1.54) is 43.3 Å². The zero-order valence-corrected chi connectivity index (χ0v) is 15.3. The van der Waals surface area contributed by atoms with E-state index in [1.807, 2.05) is 0 Å². The molecule has 0 unspecified atom stereocenters. The van der Waals surface area contributed by atoms with Crippen LogP contribution in [0.1, 0.15) is 0 Å². The first kappa shape index (κ1) is 15.4. The summed E-state index contributed by atoms with van der Waals surface area (Å²) in [5.74, 6) is 0. The van der Waals surface area contributed by atoms with Gasteiger partial charge < -0.3 is 0 Å². The molecule has 0 saturated carbocycles. The third-order valence-corrected chi connectivity index (χ3v) is 5.63. The highest BCUT2D eigenvalue weighted by molar-refractivity contribution is 6.23. The van der Waals surface area contributed by atoms with Gasteiger partial charge in [-0.2, -0.15) is 0 Å². The van der Waals surface area contributed by atoms with E-state index in [-0.39, 0.29) is 0 Å². The Bertz CT molecular complexity index is 1490. The molecular formula is C27H17N. The van der Waals surface area contributed by atoms with Gasteiger partial charge in [0.2, 0.25) is 0 Å². The SMILES string of the molecule is c1ccc2c(-c3nc4ccccc4c4c3ccc3ccccc34)cccc2c1. The van der Waals surface area contributed by atoms with Gasteiger partial charge in [-0.15, -0.1) is 0 Å². The van der Waals surface area contributed by atoms with E-state index < -0.39 is 0 Å². The van der Waals surface area contributed by atoms with E-state index in [4.69, 9.17) is 4.98 Å². The molecule has 0 N–H and O–H groups in total. The van der Waals surface area contributed by atoms with Crippen LogP contribution in [0.2, 0.25) is 0 Å². The molecule has 6 aromatic rings. The lowest BCUT2D eigenvalue weighted by Gasteiger charge is -2.14. The number of nitrogens with zero attached hydrogens (tertiary/aromatic N) is 1. The summed E-state index contributed by atoms with van der Waals surface area (Å²) in [6.45, 7) is 0. The van der Waals surface area contributed by atoms with Crippen LogP contribution in [0.3, 0.4) is 0 Å². The van der Waals surface area contributed by atoms with Crippen LogP contribution in [-0.4, -0.2) is 4.98 Å². The molecule has 0 saturated heterocycles. The summed E-state index contributed by atoms with van der Waals surface area (Å²) < 4.78 is 0. The van der Waals surface area contributed by atoms with E-state index in [9.17, 15) is 0 Å². The van der Waals surface area contributed by atoms with Crippen LogP contribution in [0.25, 0.3) is 54.5 Å². The van der Waals surface area contributed by atoms with Crippen LogP contribution < -0.4 is 0 Å². The summed E-state index contributed by atoms with van der Waals surface area (Å²) >= 11 is 0. The average Bonchev–Trinajstić information content (AvgIpc) is 2.78. The first-order valence-corrected chi connectivity index (χ1v) is 9.58. The van der Waals surface area contributed by atoms with Crippen molar-refractivity contribution in [2.75, 3.05) is 0 Å². The van der Waals surface area contributed by atoms with Gasteiger partial charge in [-0.25, -0.2) is 4.98 Å². The van der Waals surface area contributed by atoms with Crippen LogP contribution in [0.4, 0.5) is 0 Å². The zero-order chi connectivity index (χ0) is 18.5. The number of rotatable bonds is 1. The largest absolute Gasteiger partial charge is 0.247 e. The molecule has 130 valence electrons. The number of hydrogen-bond donors (Lipinski definition) is 0. The molecule has 0 aliphatic carbocycles. The zero-order valence-electron chi connectivity index (χ0n) is 15.3. The van der Waals surface area contributed by atoms with Crippen molar-refractivity contribution in [3.8, 4) is 11.3 Å². The quantitative estimate of drug-likeness (QED) is 0.281. The highest BCUT2D eigenvalue weighted by Gasteiger charge is 2.14. The van der Waals surface area contributed by atoms with E-state index in [0.29, 0.717) is 0 Å². The van der Waals surface area contributed by atoms with Crippen molar-refractivity contribution in [3.63, 3.8) is 0 Å². The Morgan fingerprint density at radius 3 is 1.93 bits per heavy atom. The summed E-state index contributed by atoms with van der Waals surface area (Å²) in [6.07, 6.45) is 0. The molecule has 5 aromatic carbocycles. The van der Waals surface area contributed by atoms with Gasteiger partial charge in [0, 0.05) is 21.7 Å². The fourth-order valence-electron chi connectivity index (χ4n) is 4.36. The number of para-hydroxylation sites is 1. The number of aromatic nitrogens is 1. The summed E-state index contributed by atoms with van der Waals surface area (Å²) in [6, 6.07) is 36.6. The first-order chi connectivity index (χ1) is 13.9. The first-order valence-electron chi connectivity index (χ1n) is 9.58. The topological polar surface area (TPSA) is 12.9 Å². The lowest BCUT2D eigenvalue weighted by molar-refractivity contribution is 1.44. The third-order valence-electron chi connectivity index (χ3n) is 5.63. The van der Waals surface area contributed by atoms with Gasteiger partial charge in [0.25, 0.3) is 0 Å². The van der Waals surface area contributed by atoms with E-state index >= 15 is 0 Å². The predicted octanol–water partition coefficient (Wildman–Crippen LogP) is 7.36. The maximum Gasteiger partial charge on any atom is 0.0794 e. The maximum absolute atomic E-state index is 5.13. The fourth-order valence-corrected chi connectivity index (χ4v) is 4.36. The minimum atomic E-state index is 1.04. The number of hydrogen-bond acceptors (Lipinski definition) is 1. The Balaban J connectivity index is 1.87. The minimum absolute atomic E-state index is 1.04. The van der Waals surface area contributed by atoms with Crippen molar-refractivity contribution < 1.29 is 0 Å². The van der Waals surface area contributed by atoms with Crippen LogP contribution in [0.15, 0.2) is 103 Å². The Morgan fingerprint density at radius 2 is 1.07 bits per heavy atom. The van der Waals surface area contributed by atoms with Crippen molar-refractivity contribution >= 4 is 43.2 Å². The van der Waals surface area contributed by atoms with Gasteiger partial charge in [-0.3, -0.25) is 0 Å².